The smallest absolute Gasteiger partial charge is 0.264 e. The van der Waals surface area contributed by atoms with E-state index in [-0.39, 0.29) is 16.3 Å². The summed E-state index contributed by atoms with van der Waals surface area (Å²) in [6.45, 7) is -0.742. The molecule has 0 atom stereocenters. The van der Waals surface area contributed by atoms with Crippen LogP contribution in [0.1, 0.15) is 0 Å². The predicted octanol–water partition coefficient (Wildman–Crippen LogP) is 4.56. The molecule has 3 aromatic carbocycles. The van der Waals surface area contributed by atoms with E-state index < -0.39 is 34.1 Å². The first-order valence-electron chi connectivity index (χ1n) is 8.36. The number of nitrogens with one attached hydrogen (secondary N) is 1. The minimum absolute atomic E-state index is 0.106. The molecule has 0 heterocycles. The molecule has 1 N–H and O–H groups in total. The highest BCUT2D eigenvalue weighted by Crippen LogP contribution is 2.26. The van der Waals surface area contributed by atoms with E-state index >= 15 is 0 Å². The number of rotatable bonds is 6. The Morgan fingerprint density at radius 3 is 2.24 bits per heavy atom. The summed E-state index contributed by atoms with van der Waals surface area (Å²) in [6.07, 6.45) is 0. The number of nitrogens with zero attached hydrogens (tertiary/aromatic N) is 1. The third-order valence-electron chi connectivity index (χ3n) is 3.94. The van der Waals surface area contributed by atoms with Crippen LogP contribution in [0.4, 0.5) is 20.2 Å². The van der Waals surface area contributed by atoms with Gasteiger partial charge < -0.3 is 5.32 Å². The fourth-order valence-electron chi connectivity index (χ4n) is 2.58. The van der Waals surface area contributed by atoms with Crippen LogP contribution in [0.5, 0.6) is 0 Å². The van der Waals surface area contributed by atoms with Gasteiger partial charge in [0.1, 0.15) is 18.2 Å². The molecule has 0 radical (unpaired) electrons. The topological polar surface area (TPSA) is 66.5 Å². The fraction of sp³-hybridized carbons (Fsp3) is 0.0500. The summed E-state index contributed by atoms with van der Waals surface area (Å²) in [5.41, 5.74) is -0.411. The average molecular weight is 481 g/mol. The second kappa shape index (κ2) is 8.71. The monoisotopic (exact) mass is 480 g/mol. The predicted molar refractivity (Wildman–Crippen MR) is 110 cm³/mol. The van der Waals surface area contributed by atoms with Crippen LogP contribution >= 0.6 is 15.9 Å². The maximum absolute atomic E-state index is 14.4. The Balaban J connectivity index is 1.96. The van der Waals surface area contributed by atoms with Gasteiger partial charge in [-0.2, -0.15) is 0 Å². The number of amides is 1. The van der Waals surface area contributed by atoms with E-state index in [4.69, 9.17) is 0 Å². The molecule has 1 amide bonds. The lowest BCUT2D eigenvalue weighted by Gasteiger charge is -2.24. The van der Waals surface area contributed by atoms with E-state index in [2.05, 4.69) is 21.2 Å². The maximum Gasteiger partial charge on any atom is 0.264 e. The number of sulfonamides is 1. The number of anilines is 2. The van der Waals surface area contributed by atoms with Crippen molar-refractivity contribution in [2.45, 2.75) is 4.90 Å². The van der Waals surface area contributed by atoms with Crippen LogP contribution in [0.15, 0.2) is 82.2 Å². The highest BCUT2D eigenvalue weighted by atomic mass is 79.9. The van der Waals surface area contributed by atoms with Crippen molar-refractivity contribution < 1.29 is 22.0 Å². The van der Waals surface area contributed by atoms with Gasteiger partial charge in [0.15, 0.2) is 0 Å². The highest BCUT2D eigenvalue weighted by molar-refractivity contribution is 9.10. The zero-order chi connectivity index (χ0) is 21.0. The maximum atomic E-state index is 14.4. The molecule has 3 rings (SSSR count). The van der Waals surface area contributed by atoms with Gasteiger partial charge in [-0.1, -0.05) is 46.3 Å². The number of halogens is 3. The van der Waals surface area contributed by atoms with E-state index in [1.54, 1.807) is 6.07 Å². The van der Waals surface area contributed by atoms with Crippen LogP contribution in [-0.4, -0.2) is 20.9 Å². The van der Waals surface area contributed by atoms with Crippen molar-refractivity contribution in [1.29, 1.82) is 0 Å². The Kier molecular flexibility index (Phi) is 6.29. The van der Waals surface area contributed by atoms with Crippen molar-refractivity contribution in [3.05, 3.63) is 88.9 Å². The molecular formula is C20H15BrF2N2O3S. The summed E-state index contributed by atoms with van der Waals surface area (Å²) in [7, 11) is -4.25. The number of hydrogen-bond donors (Lipinski definition) is 1. The summed E-state index contributed by atoms with van der Waals surface area (Å²) in [4.78, 5) is 12.4. The van der Waals surface area contributed by atoms with Gasteiger partial charge in [-0.25, -0.2) is 17.2 Å². The molecule has 0 fully saturated rings. The molecule has 29 heavy (non-hydrogen) atoms. The first kappa shape index (κ1) is 20.9. The SMILES string of the molecule is O=C(CN(c1ccccc1F)S(=O)(=O)c1ccccc1)Nc1ccc(Br)cc1F. The van der Waals surface area contributed by atoms with Crippen LogP contribution in [0.25, 0.3) is 0 Å². The van der Waals surface area contributed by atoms with Crippen molar-refractivity contribution >= 4 is 43.2 Å². The normalized spacial score (nSPS) is 11.1. The van der Waals surface area contributed by atoms with Gasteiger partial charge in [0.2, 0.25) is 5.91 Å². The van der Waals surface area contributed by atoms with Crippen molar-refractivity contribution in [2.24, 2.45) is 0 Å². The van der Waals surface area contributed by atoms with Crippen molar-refractivity contribution in [2.75, 3.05) is 16.2 Å². The lowest BCUT2D eigenvalue weighted by molar-refractivity contribution is -0.114. The molecular weight excluding hydrogens is 466 g/mol. The lowest BCUT2D eigenvalue weighted by atomic mass is 10.3. The quantitative estimate of drug-likeness (QED) is 0.562. The Labute approximate surface area is 175 Å². The summed E-state index contributed by atoms with van der Waals surface area (Å²) in [5, 5.41) is 2.32. The van der Waals surface area contributed by atoms with Crippen LogP contribution in [0, 0.1) is 11.6 Å². The number of para-hydroxylation sites is 1. The molecule has 5 nitrogen and oxygen atoms in total. The molecule has 0 spiro atoms. The van der Waals surface area contributed by atoms with E-state index in [1.807, 2.05) is 0 Å². The first-order chi connectivity index (χ1) is 13.8. The second-order valence-corrected chi connectivity index (χ2v) is 8.73. The molecule has 3 aromatic rings. The third-order valence-corrected chi connectivity index (χ3v) is 6.21. The average Bonchev–Trinajstić information content (AvgIpc) is 2.69. The van der Waals surface area contributed by atoms with E-state index in [0.717, 1.165) is 12.1 Å². The molecule has 150 valence electrons. The summed E-state index contributed by atoms with van der Waals surface area (Å²) >= 11 is 3.11. The second-order valence-electron chi connectivity index (χ2n) is 5.95. The van der Waals surface area contributed by atoms with Crippen molar-refractivity contribution in [3.8, 4) is 0 Å². The molecule has 0 bridgehead atoms. The molecule has 0 unspecified atom stereocenters. The number of hydrogen-bond acceptors (Lipinski definition) is 3. The summed E-state index contributed by atoms with van der Waals surface area (Å²) in [6, 6.07) is 16.6. The minimum atomic E-state index is -4.25. The zero-order valence-corrected chi connectivity index (χ0v) is 17.3. The van der Waals surface area contributed by atoms with Crippen LogP contribution < -0.4 is 9.62 Å². The summed E-state index contributed by atoms with van der Waals surface area (Å²) in [5.74, 6) is -2.33. The lowest BCUT2D eigenvalue weighted by Crippen LogP contribution is -2.38. The first-order valence-corrected chi connectivity index (χ1v) is 10.6. The van der Waals surface area contributed by atoms with Crippen molar-refractivity contribution in [3.63, 3.8) is 0 Å². The number of carbonyl (C=O) groups is 1. The zero-order valence-electron chi connectivity index (χ0n) is 14.8. The van der Waals surface area contributed by atoms with E-state index in [1.165, 1.54) is 54.6 Å². The molecule has 0 saturated carbocycles. The Hall–Kier alpha value is -2.78. The highest BCUT2D eigenvalue weighted by Gasteiger charge is 2.29. The van der Waals surface area contributed by atoms with Gasteiger partial charge in [-0.15, -0.1) is 0 Å². The van der Waals surface area contributed by atoms with E-state index in [0.29, 0.717) is 8.78 Å². The summed E-state index contributed by atoms with van der Waals surface area (Å²) < 4.78 is 55.7. The van der Waals surface area contributed by atoms with Gasteiger partial charge in [-0.05, 0) is 42.5 Å². The fourth-order valence-corrected chi connectivity index (χ4v) is 4.37. The van der Waals surface area contributed by atoms with Crippen LogP contribution in [0.2, 0.25) is 0 Å². The molecule has 0 aliphatic heterocycles. The largest absolute Gasteiger partial charge is 0.322 e. The molecule has 0 saturated heterocycles. The molecule has 0 aliphatic carbocycles. The molecule has 0 aliphatic rings. The van der Waals surface area contributed by atoms with Crippen LogP contribution in [0.3, 0.4) is 0 Å². The van der Waals surface area contributed by atoms with E-state index in [9.17, 15) is 22.0 Å². The van der Waals surface area contributed by atoms with Gasteiger partial charge in [-0.3, -0.25) is 9.10 Å². The van der Waals surface area contributed by atoms with Crippen LogP contribution in [-0.2, 0) is 14.8 Å². The Bertz CT molecular complexity index is 1140. The molecule has 0 aromatic heterocycles. The van der Waals surface area contributed by atoms with Gasteiger partial charge in [0.05, 0.1) is 16.3 Å². The standard InChI is InChI=1S/C20H15BrF2N2O3S/c21-14-10-11-18(17(23)12-14)24-20(26)13-25(19-9-5-4-8-16(19)22)29(27,28)15-6-2-1-3-7-15/h1-12H,13H2,(H,24,26). The van der Waals surface area contributed by atoms with Gasteiger partial charge in [0, 0.05) is 4.47 Å². The minimum Gasteiger partial charge on any atom is -0.322 e. The van der Waals surface area contributed by atoms with Crippen molar-refractivity contribution in [1.82, 2.24) is 0 Å². The Morgan fingerprint density at radius 2 is 1.59 bits per heavy atom. The van der Waals surface area contributed by atoms with Gasteiger partial charge >= 0.3 is 0 Å². The van der Waals surface area contributed by atoms with Gasteiger partial charge in [0.25, 0.3) is 10.0 Å². The Morgan fingerprint density at radius 1 is 0.931 bits per heavy atom. The third kappa shape index (κ3) is 4.80. The number of benzene rings is 3. The number of carbonyl (C=O) groups excluding carboxylic acids is 1. The molecule has 9 heteroatoms.